The molecule has 172 valence electrons. The van der Waals surface area contributed by atoms with E-state index in [1.54, 1.807) is 0 Å². The van der Waals surface area contributed by atoms with E-state index in [0.29, 0.717) is 12.3 Å². The van der Waals surface area contributed by atoms with E-state index in [-0.39, 0.29) is 12.8 Å². The van der Waals surface area contributed by atoms with Crippen molar-refractivity contribution in [1.82, 2.24) is 10.6 Å². The number of carbonyl (C=O) groups is 3. The van der Waals surface area contributed by atoms with Gasteiger partial charge in [0.2, 0.25) is 0 Å². The average molecular weight is 435 g/mol. The number of aliphatic hydroxyl groups excluding tert-OH is 1. The fourth-order valence-corrected chi connectivity index (χ4v) is 4.04. The number of esters is 2. The van der Waals surface area contributed by atoms with Crippen LogP contribution >= 0.6 is 0 Å². The maximum Gasteiger partial charge on any atom is 0.328 e. The number of ether oxygens (including phenoxy) is 2. The standard InChI is InChI=1S/C23H34N2O6/c1-30-21(27)15-20(26)18(13-16-9-5-3-6-10-16)24-23(29)25-19(22(28)31-2)14-17-11-7-4-8-12-17/h4,7-8,11-12,16,18-20,26H,3,5-6,9-10,13-15H2,1-2H3,(H2,24,25,29)/t18-,19+,20-/m0/s1. The lowest BCUT2D eigenvalue weighted by Crippen LogP contribution is -2.53. The number of hydrogen-bond acceptors (Lipinski definition) is 6. The van der Waals surface area contributed by atoms with Gasteiger partial charge in [-0.05, 0) is 17.9 Å². The minimum atomic E-state index is -1.08. The fourth-order valence-electron chi connectivity index (χ4n) is 4.04. The fraction of sp³-hybridized carbons (Fsp3) is 0.609. The van der Waals surface area contributed by atoms with Gasteiger partial charge in [0.1, 0.15) is 6.04 Å². The molecule has 0 aromatic heterocycles. The molecular weight excluding hydrogens is 400 g/mol. The molecule has 2 amide bonds. The smallest absolute Gasteiger partial charge is 0.328 e. The van der Waals surface area contributed by atoms with Gasteiger partial charge in [-0.25, -0.2) is 9.59 Å². The van der Waals surface area contributed by atoms with Crippen LogP contribution in [0, 0.1) is 5.92 Å². The summed E-state index contributed by atoms with van der Waals surface area (Å²) in [5.74, 6) is -0.732. The van der Waals surface area contributed by atoms with Crippen LogP contribution in [0.1, 0.15) is 50.5 Å². The lowest BCUT2D eigenvalue weighted by Gasteiger charge is -2.30. The van der Waals surface area contributed by atoms with Gasteiger partial charge >= 0.3 is 18.0 Å². The number of methoxy groups -OCH3 is 2. The SMILES string of the molecule is COC(=O)C[C@H](O)[C@H](CC1CCCCC1)NC(=O)N[C@H](Cc1ccccc1)C(=O)OC. The van der Waals surface area contributed by atoms with Crippen LogP contribution in [0.2, 0.25) is 0 Å². The van der Waals surface area contributed by atoms with Gasteiger partial charge in [0.25, 0.3) is 0 Å². The molecule has 0 radical (unpaired) electrons. The highest BCUT2D eigenvalue weighted by atomic mass is 16.5. The number of amides is 2. The van der Waals surface area contributed by atoms with Crippen molar-refractivity contribution in [1.29, 1.82) is 0 Å². The maximum atomic E-state index is 12.7. The van der Waals surface area contributed by atoms with E-state index >= 15 is 0 Å². The summed E-state index contributed by atoms with van der Waals surface area (Å²) in [6, 6.07) is 7.22. The lowest BCUT2D eigenvalue weighted by molar-refractivity contribution is -0.143. The Hall–Kier alpha value is -2.61. The Kier molecular flexibility index (Phi) is 10.3. The van der Waals surface area contributed by atoms with E-state index in [2.05, 4.69) is 15.4 Å². The molecule has 0 aliphatic heterocycles. The van der Waals surface area contributed by atoms with Crippen LogP contribution in [0.25, 0.3) is 0 Å². The highest BCUT2D eigenvalue weighted by Gasteiger charge is 2.29. The number of carbonyl (C=O) groups excluding carboxylic acids is 3. The van der Waals surface area contributed by atoms with E-state index in [4.69, 9.17) is 4.74 Å². The zero-order chi connectivity index (χ0) is 22.6. The van der Waals surface area contributed by atoms with Crippen molar-refractivity contribution < 1.29 is 29.0 Å². The number of nitrogens with one attached hydrogen (secondary N) is 2. The second kappa shape index (κ2) is 12.9. The van der Waals surface area contributed by atoms with E-state index in [0.717, 1.165) is 31.2 Å². The molecule has 2 rings (SSSR count). The van der Waals surface area contributed by atoms with Crippen molar-refractivity contribution in [3.63, 3.8) is 0 Å². The molecule has 0 bridgehead atoms. The summed E-state index contributed by atoms with van der Waals surface area (Å²) < 4.78 is 9.49. The maximum absolute atomic E-state index is 12.7. The molecule has 0 heterocycles. The predicted octanol–water partition coefficient (Wildman–Crippen LogP) is 2.33. The lowest BCUT2D eigenvalue weighted by atomic mass is 9.83. The molecule has 1 aliphatic carbocycles. The monoisotopic (exact) mass is 434 g/mol. The predicted molar refractivity (Wildman–Crippen MR) is 115 cm³/mol. The summed E-state index contributed by atoms with van der Waals surface area (Å²) in [4.78, 5) is 36.6. The van der Waals surface area contributed by atoms with E-state index < -0.39 is 36.2 Å². The molecule has 3 N–H and O–H groups in total. The molecule has 31 heavy (non-hydrogen) atoms. The van der Waals surface area contributed by atoms with Crippen LogP contribution in [0.15, 0.2) is 30.3 Å². The van der Waals surface area contributed by atoms with Crippen LogP contribution in [-0.4, -0.2) is 55.5 Å². The van der Waals surface area contributed by atoms with Crippen molar-refractivity contribution in [3.8, 4) is 0 Å². The minimum absolute atomic E-state index is 0.210. The van der Waals surface area contributed by atoms with Gasteiger partial charge in [0.15, 0.2) is 0 Å². The molecule has 0 unspecified atom stereocenters. The normalized spacial score (nSPS) is 17.1. The molecular formula is C23H34N2O6. The summed E-state index contributed by atoms with van der Waals surface area (Å²) >= 11 is 0. The second-order valence-electron chi connectivity index (χ2n) is 8.08. The van der Waals surface area contributed by atoms with Crippen molar-refractivity contribution in [2.45, 2.75) is 69.6 Å². The first kappa shape index (κ1) is 24.7. The van der Waals surface area contributed by atoms with Gasteiger partial charge in [0, 0.05) is 6.42 Å². The van der Waals surface area contributed by atoms with Crippen LogP contribution in [-0.2, 0) is 25.5 Å². The minimum Gasteiger partial charge on any atom is -0.469 e. The summed E-state index contributed by atoms with van der Waals surface area (Å²) in [6.45, 7) is 0. The molecule has 8 nitrogen and oxygen atoms in total. The van der Waals surface area contributed by atoms with Crippen molar-refractivity contribution >= 4 is 18.0 Å². The first-order chi connectivity index (χ1) is 14.9. The Morgan fingerprint density at radius 3 is 2.32 bits per heavy atom. The summed E-state index contributed by atoms with van der Waals surface area (Å²) in [7, 11) is 2.53. The number of aliphatic hydroxyl groups is 1. The third-order valence-electron chi connectivity index (χ3n) is 5.77. The number of urea groups is 1. The van der Waals surface area contributed by atoms with Gasteiger partial charge in [-0.2, -0.15) is 0 Å². The van der Waals surface area contributed by atoms with Crippen LogP contribution in [0.4, 0.5) is 4.79 Å². The quantitative estimate of drug-likeness (QED) is 0.487. The number of benzene rings is 1. The molecule has 0 spiro atoms. The van der Waals surface area contributed by atoms with E-state index in [1.807, 2.05) is 30.3 Å². The number of hydrogen-bond donors (Lipinski definition) is 3. The van der Waals surface area contributed by atoms with Crippen molar-refractivity contribution in [3.05, 3.63) is 35.9 Å². The molecule has 3 atom stereocenters. The second-order valence-corrected chi connectivity index (χ2v) is 8.08. The first-order valence-electron chi connectivity index (χ1n) is 10.9. The highest BCUT2D eigenvalue weighted by Crippen LogP contribution is 2.28. The Balaban J connectivity index is 2.04. The first-order valence-corrected chi connectivity index (χ1v) is 10.9. The van der Waals surface area contributed by atoms with Crippen LogP contribution in [0.5, 0.6) is 0 Å². The molecule has 0 saturated heterocycles. The van der Waals surface area contributed by atoms with Gasteiger partial charge in [-0.1, -0.05) is 62.4 Å². The number of rotatable bonds is 10. The molecule has 1 aromatic rings. The average Bonchev–Trinajstić information content (AvgIpc) is 2.78. The van der Waals surface area contributed by atoms with Gasteiger partial charge in [0.05, 0.1) is 32.8 Å². The Bertz CT molecular complexity index is 705. The van der Waals surface area contributed by atoms with Crippen molar-refractivity contribution in [2.75, 3.05) is 14.2 Å². The van der Waals surface area contributed by atoms with Gasteiger partial charge in [-0.15, -0.1) is 0 Å². The summed E-state index contributed by atoms with van der Waals surface area (Å²) in [5, 5.41) is 16.0. The van der Waals surface area contributed by atoms with Gasteiger partial charge < -0.3 is 25.2 Å². The topological polar surface area (TPSA) is 114 Å². The molecule has 1 aromatic carbocycles. The van der Waals surface area contributed by atoms with Crippen LogP contribution in [0.3, 0.4) is 0 Å². The molecule has 8 heteroatoms. The molecule has 1 fully saturated rings. The highest BCUT2D eigenvalue weighted by molar-refractivity contribution is 5.84. The van der Waals surface area contributed by atoms with E-state index in [1.165, 1.54) is 20.6 Å². The largest absolute Gasteiger partial charge is 0.469 e. The van der Waals surface area contributed by atoms with Crippen LogP contribution < -0.4 is 10.6 Å². The van der Waals surface area contributed by atoms with E-state index in [9.17, 15) is 19.5 Å². The zero-order valence-corrected chi connectivity index (χ0v) is 18.3. The third kappa shape index (κ3) is 8.57. The summed E-state index contributed by atoms with van der Waals surface area (Å²) in [6.07, 6.45) is 5.06. The third-order valence-corrected chi connectivity index (χ3v) is 5.77. The Morgan fingerprint density at radius 1 is 1.03 bits per heavy atom. The Labute approximate surface area is 183 Å². The van der Waals surface area contributed by atoms with Crippen molar-refractivity contribution in [2.24, 2.45) is 5.92 Å². The summed E-state index contributed by atoms with van der Waals surface area (Å²) in [5.41, 5.74) is 0.877. The Morgan fingerprint density at radius 2 is 1.71 bits per heavy atom. The van der Waals surface area contributed by atoms with Gasteiger partial charge in [-0.3, -0.25) is 4.79 Å². The zero-order valence-electron chi connectivity index (χ0n) is 18.3. The molecule has 1 saturated carbocycles. The molecule has 1 aliphatic rings.